The molecule has 7 heteroatoms. The van der Waals surface area contributed by atoms with E-state index in [-0.39, 0.29) is 16.8 Å². The number of rotatable bonds is 2. The maximum Gasteiger partial charge on any atom is 0.327 e. The summed E-state index contributed by atoms with van der Waals surface area (Å²) in [6.45, 7) is 4.06. The van der Waals surface area contributed by atoms with Gasteiger partial charge in [0.05, 0.1) is 11.5 Å². The summed E-state index contributed by atoms with van der Waals surface area (Å²) in [5, 5.41) is 3.15. The molecule has 1 aliphatic heterocycles. The molecule has 1 unspecified atom stereocenters. The molecule has 30 heavy (non-hydrogen) atoms. The summed E-state index contributed by atoms with van der Waals surface area (Å²) in [5.41, 5.74) is 1.10. The van der Waals surface area contributed by atoms with E-state index in [1.807, 2.05) is 50.2 Å². The van der Waals surface area contributed by atoms with Gasteiger partial charge in [-0.05, 0) is 24.0 Å². The molecule has 2 aromatic heterocycles. The molecule has 0 amide bonds. The molecule has 0 saturated carbocycles. The second kappa shape index (κ2) is 6.45. The summed E-state index contributed by atoms with van der Waals surface area (Å²) in [5.74, 6) is 0.758. The third-order valence-corrected chi connectivity index (χ3v) is 5.72. The number of hydrogen-bond donors (Lipinski definition) is 3. The Balaban J connectivity index is 1.72. The average molecular weight is 403 g/mol. The lowest BCUT2D eigenvalue weighted by molar-refractivity contribution is -0.118. The number of carbonyl (C=O) groups excluding carboxylic acids is 1. The predicted octanol–water partition coefficient (Wildman–Crippen LogP) is 3.52. The normalized spacial score (nSPS) is 19.8. The van der Waals surface area contributed by atoms with E-state index in [9.17, 15) is 14.4 Å². The summed E-state index contributed by atoms with van der Waals surface area (Å²) in [6, 6.07) is 13.3. The van der Waals surface area contributed by atoms with E-state index in [0.717, 1.165) is 11.3 Å². The summed E-state index contributed by atoms with van der Waals surface area (Å²) in [6.07, 6.45) is 1.01. The van der Waals surface area contributed by atoms with Crippen LogP contribution in [0, 0.1) is 5.41 Å². The highest BCUT2D eigenvalue weighted by molar-refractivity contribution is 6.01. The Kier molecular flexibility index (Phi) is 3.96. The number of allylic oxidation sites excluding steroid dienone is 2. The van der Waals surface area contributed by atoms with E-state index in [1.54, 1.807) is 6.07 Å². The van der Waals surface area contributed by atoms with E-state index in [4.69, 9.17) is 4.42 Å². The van der Waals surface area contributed by atoms with Crippen LogP contribution in [-0.2, 0) is 4.79 Å². The first-order valence-corrected chi connectivity index (χ1v) is 9.87. The zero-order chi connectivity index (χ0) is 21.0. The Morgan fingerprint density at radius 1 is 0.967 bits per heavy atom. The molecule has 5 rings (SSSR count). The van der Waals surface area contributed by atoms with Crippen LogP contribution in [0.2, 0.25) is 0 Å². The molecule has 2 aliphatic rings. The van der Waals surface area contributed by atoms with Gasteiger partial charge in [-0.15, -0.1) is 0 Å². The maximum absolute atomic E-state index is 13.2. The Hall–Kier alpha value is -3.61. The van der Waals surface area contributed by atoms with Crippen LogP contribution in [0.5, 0.6) is 0 Å². The number of Topliss-reactive ketones (excluding diaryl/α,β-unsaturated/α-hetero) is 1. The second-order valence-corrected chi connectivity index (χ2v) is 8.66. The van der Waals surface area contributed by atoms with Gasteiger partial charge >= 0.3 is 5.69 Å². The third-order valence-electron chi connectivity index (χ3n) is 5.72. The van der Waals surface area contributed by atoms with Crippen LogP contribution in [0.4, 0.5) is 5.82 Å². The molecule has 1 aromatic carbocycles. The Morgan fingerprint density at radius 2 is 1.73 bits per heavy atom. The van der Waals surface area contributed by atoms with E-state index in [0.29, 0.717) is 35.8 Å². The smallest absolute Gasteiger partial charge is 0.327 e. The van der Waals surface area contributed by atoms with Crippen LogP contribution >= 0.6 is 0 Å². The Morgan fingerprint density at radius 3 is 2.50 bits per heavy atom. The lowest BCUT2D eigenvalue weighted by Gasteiger charge is -2.37. The molecule has 3 N–H and O–H groups in total. The number of anilines is 1. The fraction of sp³-hybridized carbons (Fsp3) is 0.261. The number of carbonyl (C=O) groups is 1. The fourth-order valence-electron chi connectivity index (χ4n) is 4.50. The minimum absolute atomic E-state index is 0.0207. The number of aromatic nitrogens is 2. The zero-order valence-corrected chi connectivity index (χ0v) is 16.7. The molecular weight excluding hydrogens is 382 g/mol. The Bertz CT molecular complexity index is 1310. The van der Waals surface area contributed by atoms with E-state index >= 15 is 0 Å². The highest BCUT2D eigenvalue weighted by atomic mass is 16.3. The largest absolute Gasteiger partial charge is 0.460 e. The van der Waals surface area contributed by atoms with Crippen LogP contribution in [0.15, 0.2) is 67.7 Å². The molecule has 152 valence electrons. The van der Waals surface area contributed by atoms with Crippen LogP contribution in [0.25, 0.3) is 11.3 Å². The first kappa shape index (κ1) is 18.4. The summed E-state index contributed by atoms with van der Waals surface area (Å²) in [4.78, 5) is 42.8. The highest BCUT2D eigenvalue weighted by Crippen LogP contribution is 2.47. The number of H-pyrrole nitrogens is 2. The van der Waals surface area contributed by atoms with Gasteiger partial charge in [0.15, 0.2) is 5.78 Å². The van der Waals surface area contributed by atoms with Gasteiger partial charge in [0.25, 0.3) is 5.56 Å². The molecule has 0 saturated heterocycles. The lowest BCUT2D eigenvalue weighted by atomic mass is 9.70. The molecule has 0 spiro atoms. The van der Waals surface area contributed by atoms with Crippen molar-refractivity contribution in [3.05, 3.63) is 85.9 Å². The quantitative estimate of drug-likeness (QED) is 0.607. The van der Waals surface area contributed by atoms with Crippen molar-refractivity contribution in [3.63, 3.8) is 0 Å². The minimum atomic E-state index is -0.682. The number of furan rings is 1. The maximum atomic E-state index is 13.2. The molecule has 0 radical (unpaired) electrons. The lowest BCUT2D eigenvalue weighted by Crippen LogP contribution is -2.38. The molecule has 1 aliphatic carbocycles. The van der Waals surface area contributed by atoms with Crippen LogP contribution in [-0.4, -0.2) is 15.8 Å². The van der Waals surface area contributed by atoms with Gasteiger partial charge in [-0.3, -0.25) is 19.6 Å². The topological polar surface area (TPSA) is 108 Å². The number of nitrogens with one attached hydrogen (secondary N) is 3. The third kappa shape index (κ3) is 2.94. The first-order chi connectivity index (χ1) is 14.3. The van der Waals surface area contributed by atoms with Gasteiger partial charge in [-0.2, -0.15) is 0 Å². The summed E-state index contributed by atoms with van der Waals surface area (Å²) in [7, 11) is 0. The SMILES string of the molecule is CC1(C)CC(=O)C2=C(C1)Nc1[nH]c(=O)[nH]c(=O)c1C2c1ccc(-c2ccccc2)o1. The van der Waals surface area contributed by atoms with Gasteiger partial charge in [0, 0.05) is 23.3 Å². The zero-order valence-electron chi connectivity index (χ0n) is 16.7. The minimum Gasteiger partial charge on any atom is -0.460 e. The molecule has 0 fully saturated rings. The standard InChI is InChI=1S/C23H21N3O4/c1-23(2)10-13-17(14(27)11-23)18(19-20(24-13)25-22(29)26-21(19)28)16-9-8-15(30-16)12-6-4-3-5-7-12/h3-9,18H,10-11H2,1-2H3,(H3,24,25,26,28,29). The highest BCUT2D eigenvalue weighted by Gasteiger charge is 2.43. The van der Waals surface area contributed by atoms with Gasteiger partial charge < -0.3 is 9.73 Å². The first-order valence-electron chi connectivity index (χ1n) is 9.87. The molecule has 0 bridgehead atoms. The van der Waals surface area contributed by atoms with Crippen molar-refractivity contribution in [1.29, 1.82) is 0 Å². The summed E-state index contributed by atoms with van der Waals surface area (Å²) >= 11 is 0. The van der Waals surface area contributed by atoms with Crippen LogP contribution in [0.3, 0.4) is 0 Å². The predicted molar refractivity (Wildman–Crippen MR) is 112 cm³/mol. The number of ketones is 1. The van der Waals surface area contributed by atoms with Gasteiger partial charge in [-0.25, -0.2) is 4.79 Å². The van der Waals surface area contributed by atoms with Crippen molar-refractivity contribution in [3.8, 4) is 11.3 Å². The Labute approximate surface area is 171 Å². The second-order valence-electron chi connectivity index (χ2n) is 8.66. The van der Waals surface area contributed by atoms with Gasteiger partial charge in [0.1, 0.15) is 17.3 Å². The van der Waals surface area contributed by atoms with Gasteiger partial charge in [-0.1, -0.05) is 44.2 Å². The van der Waals surface area contributed by atoms with Crippen molar-refractivity contribution < 1.29 is 9.21 Å². The van der Waals surface area contributed by atoms with Crippen molar-refractivity contribution in [2.45, 2.75) is 32.6 Å². The average Bonchev–Trinajstić information content (AvgIpc) is 3.15. The fourth-order valence-corrected chi connectivity index (χ4v) is 4.50. The van der Waals surface area contributed by atoms with Gasteiger partial charge in [0.2, 0.25) is 0 Å². The molecule has 1 atom stereocenters. The number of aromatic amines is 2. The molecule has 3 heterocycles. The number of benzene rings is 1. The van der Waals surface area contributed by atoms with Crippen LogP contribution < -0.4 is 16.6 Å². The van der Waals surface area contributed by atoms with Crippen molar-refractivity contribution in [2.24, 2.45) is 5.41 Å². The number of fused-ring (bicyclic) bond motifs is 1. The molecule has 7 nitrogen and oxygen atoms in total. The molecular formula is C23H21N3O4. The summed E-state index contributed by atoms with van der Waals surface area (Å²) < 4.78 is 6.14. The van der Waals surface area contributed by atoms with Crippen molar-refractivity contribution in [1.82, 2.24) is 9.97 Å². The van der Waals surface area contributed by atoms with E-state index < -0.39 is 17.2 Å². The van der Waals surface area contributed by atoms with Crippen molar-refractivity contribution in [2.75, 3.05) is 5.32 Å². The monoisotopic (exact) mass is 403 g/mol. The van der Waals surface area contributed by atoms with E-state index in [2.05, 4.69) is 15.3 Å². The van der Waals surface area contributed by atoms with Crippen LogP contribution in [0.1, 0.15) is 43.9 Å². The van der Waals surface area contributed by atoms with E-state index in [1.165, 1.54) is 0 Å². The molecule has 3 aromatic rings. The number of hydrogen-bond acceptors (Lipinski definition) is 5. The van der Waals surface area contributed by atoms with Crippen molar-refractivity contribution >= 4 is 11.6 Å².